The zero-order valence-corrected chi connectivity index (χ0v) is 10.3. The maximum absolute atomic E-state index is 11.9. The molecular weight excluding hydrogens is 234 g/mol. The second-order valence-electron chi connectivity index (χ2n) is 4.31. The van der Waals surface area contributed by atoms with E-state index in [-0.39, 0.29) is 25.3 Å². The standard InChI is InChI=1S/C13H17NO4/c1-9(3-2-6-15)14-13(16)10-4-5-11-12(7-10)18-8-17-11/h4-5,7,9,15H,2-3,6,8H2,1H3,(H,14,16)/t9-/m1/s1. The molecule has 0 aromatic heterocycles. The number of fused-ring (bicyclic) bond motifs is 1. The van der Waals surface area contributed by atoms with Gasteiger partial charge in [0.2, 0.25) is 6.79 Å². The van der Waals surface area contributed by atoms with Gasteiger partial charge >= 0.3 is 0 Å². The number of benzene rings is 1. The molecule has 5 heteroatoms. The number of ether oxygens (including phenoxy) is 2. The molecule has 1 amide bonds. The van der Waals surface area contributed by atoms with E-state index in [1.807, 2.05) is 6.92 Å². The van der Waals surface area contributed by atoms with Crippen molar-refractivity contribution < 1.29 is 19.4 Å². The Kier molecular flexibility index (Phi) is 4.04. The lowest BCUT2D eigenvalue weighted by atomic mass is 10.1. The summed E-state index contributed by atoms with van der Waals surface area (Å²) >= 11 is 0. The molecule has 0 aliphatic carbocycles. The minimum Gasteiger partial charge on any atom is -0.454 e. The fourth-order valence-corrected chi connectivity index (χ4v) is 1.81. The van der Waals surface area contributed by atoms with Crippen molar-refractivity contribution in [1.29, 1.82) is 0 Å². The van der Waals surface area contributed by atoms with E-state index in [1.165, 1.54) is 0 Å². The maximum atomic E-state index is 11.9. The average molecular weight is 251 g/mol. The van der Waals surface area contributed by atoms with Crippen LogP contribution in [0.5, 0.6) is 11.5 Å². The van der Waals surface area contributed by atoms with Crippen molar-refractivity contribution in [2.45, 2.75) is 25.8 Å². The molecule has 0 unspecified atom stereocenters. The molecule has 1 atom stereocenters. The molecule has 0 saturated carbocycles. The van der Waals surface area contributed by atoms with Gasteiger partial charge in [-0.3, -0.25) is 4.79 Å². The van der Waals surface area contributed by atoms with Crippen LogP contribution in [0.2, 0.25) is 0 Å². The number of aliphatic hydroxyl groups is 1. The van der Waals surface area contributed by atoms with Crippen LogP contribution in [0.3, 0.4) is 0 Å². The van der Waals surface area contributed by atoms with Gasteiger partial charge in [-0.1, -0.05) is 0 Å². The summed E-state index contributed by atoms with van der Waals surface area (Å²) in [5.41, 5.74) is 0.551. The van der Waals surface area contributed by atoms with Crippen molar-refractivity contribution in [2.24, 2.45) is 0 Å². The van der Waals surface area contributed by atoms with E-state index < -0.39 is 0 Å². The SMILES string of the molecule is C[C@H](CCCO)NC(=O)c1ccc2c(c1)OCO2. The predicted molar refractivity (Wildman–Crippen MR) is 65.8 cm³/mol. The van der Waals surface area contributed by atoms with Gasteiger partial charge in [-0.2, -0.15) is 0 Å². The number of hydrogen-bond donors (Lipinski definition) is 2. The zero-order valence-electron chi connectivity index (χ0n) is 10.3. The third-order valence-electron chi connectivity index (χ3n) is 2.81. The Morgan fingerprint density at radius 2 is 2.22 bits per heavy atom. The summed E-state index contributed by atoms with van der Waals surface area (Å²) in [6, 6.07) is 5.16. The molecule has 1 aromatic carbocycles. The Labute approximate surface area is 106 Å². The number of hydrogen-bond acceptors (Lipinski definition) is 4. The molecule has 0 saturated heterocycles. The zero-order chi connectivity index (χ0) is 13.0. The first-order chi connectivity index (χ1) is 8.70. The molecule has 1 aliphatic heterocycles. The number of carbonyl (C=O) groups excluding carboxylic acids is 1. The Balaban J connectivity index is 1.96. The first kappa shape index (κ1) is 12.7. The second-order valence-corrected chi connectivity index (χ2v) is 4.31. The number of amides is 1. The Hall–Kier alpha value is -1.75. The van der Waals surface area contributed by atoms with Crippen LogP contribution in [0.1, 0.15) is 30.1 Å². The van der Waals surface area contributed by atoms with E-state index >= 15 is 0 Å². The van der Waals surface area contributed by atoms with Crippen LogP contribution >= 0.6 is 0 Å². The lowest BCUT2D eigenvalue weighted by Gasteiger charge is -2.13. The van der Waals surface area contributed by atoms with Gasteiger partial charge in [0.25, 0.3) is 5.91 Å². The third-order valence-corrected chi connectivity index (χ3v) is 2.81. The highest BCUT2D eigenvalue weighted by molar-refractivity contribution is 5.95. The summed E-state index contributed by atoms with van der Waals surface area (Å²) in [6.45, 7) is 2.26. The van der Waals surface area contributed by atoms with Crippen LogP contribution in [0.4, 0.5) is 0 Å². The Morgan fingerprint density at radius 1 is 1.44 bits per heavy atom. The van der Waals surface area contributed by atoms with Crippen molar-refractivity contribution in [3.05, 3.63) is 23.8 Å². The van der Waals surface area contributed by atoms with Gasteiger partial charge in [-0.05, 0) is 38.0 Å². The number of carbonyl (C=O) groups is 1. The van der Waals surface area contributed by atoms with Gasteiger partial charge in [0.05, 0.1) is 0 Å². The molecule has 2 N–H and O–H groups in total. The molecule has 0 radical (unpaired) electrons. The van der Waals surface area contributed by atoms with Crippen molar-refractivity contribution in [2.75, 3.05) is 13.4 Å². The highest BCUT2D eigenvalue weighted by Gasteiger charge is 2.16. The van der Waals surface area contributed by atoms with Gasteiger partial charge < -0.3 is 19.9 Å². The van der Waals surface area contributed by atoms with E-state index in [4.69, 9.17) is 14.6 Å². The summed E-state index contributed by atoms with van der Waals surface area (Å²) in [6.07, 6.45) is 1.44. The molecule has 0 fully saturated rings. The summed E-state index contributed by atoms with van der Waals surface area (Å²) in [5, 5.41) is 11.6. The minimum atomic E-state index is -0.140. The minimum absolute atomic E-state index is 0.0371. The van der Waals surface area contributed by atoms with E-state index in [0.717, 1.165) is 6.42 Å². The quantitative estimate of drug-likeness (QED) is 0.828. The van der Waals surface area contributed by atoms with Gasteiger partial charge in [0.1, 0.15) is 0 Å². The maximum Gasteiger partial charge on any atom is 0.251 e. The fourth-order valence-electron chi connectivity index (χ4n) is 1.81. The molecule has 1 aliphatic rings. The molecule has 0 bridgehead atoms. The number of aliphatic hydroxyl groups excluding tert-OH is 1. The van der Waals surface area contributed by atoms with Crippen molar-refractivity contribution in [3.8, 4) is 11.5 Å². The van der Waals surface area contributed by atoms with E-state index in [2.05, 4.69) is 5.32 Å². The fraction of sp³-hybridized carbons (Fsp3) is 0.462. The van der Waals surface area contributed by atoms with Crippen LogP contribution in [-0.2, 0) is 0 Å². The lowest BCUT2D eigenvalue weighted by Crippen LogP contribution is -2.32. The van der Waals surface area contributed by atoms with Crippen molar-refractivity contribution in [3.63, 3.8) is 0 Å². The summed E-state index contributed by atoms with van der Waals surface area (Å²) in [5.74, 6) is 1.13. The van der Waals surface area contributed by atoms with Crippen molar-refractivity contribution >= 4 is 5.91 Å². The topological polar surface area (TPSA) is 67.8 Å². The molecule has 5 nitrogen and oxygen atoms in total. The normalized spacial score (nSPS) is 14.3. The highest BCUT2D eigenvalue weighted by Crippen LogP contribution is 2.32. The molecule has 1 aromatic rings. The van der Waals surface area contributed by atoms with Gasteiger partial charge in [-0.15, -0.1) is 0 Å². The molecule has 1 heterocycles. The monoisotopic (exact) mass is 251 g/mol. The van der Waals surface area contributed by atoms with Crippen LogP contribution in [-0.4, -0.2) is 30.5 Å². The van der Waals surface area contributed by atoms with Crippen molar-refractivity contribution in [1.82, 2.24) is 5.32 Å². The number of nitrogens with one attached hydrogen (secondary N) is 1. The predicted octanol–water partition coefficient (Wildman–Crippen LogP) is 1.31. The third kappa shape index (κ3) is 2.92. The first-order valence-corrected chi connectivity index (χ1v) is 6.02. The molecular formula is C13H17NO4. The molecule has 2 rings (SSSR count). The average Bonchev–Trinajstić information content (AvgIpc) is 2.83. The van der Waals surface area contributed by atoms with Gasteiger partial charge in [0.15, 0.2) is 11.5 Å². The Bertz CT molecular complexity index is 433. The number of rotatable bonds is 5. The first-order valence-electron chi connectivity index (χ1n) is 6.02. The molecule has 0 spiro atoms. The molecule has 18 heavy (non-hydrogen) atoms. The van der Waals surface area contributed by atoms with Gasteiger partial charge in [0, 0.05) is 18.2 Å². The van der Waals surface area contributed by atoms with Crippen LogP contribution in [0, 0.1) is 0 Å². The summed E-state index contributed by atoms with van der Waals surface area (Å²) in [7, 11) is 0. The Morgan fingerprint density at radius 3 is 3.00 bits per heavy atom. The molecule has 98 valence electrons. The van der Waals surface area contributed by atoms with Crippen LogP contribution in [0.15, 0.2) is 18.2 Å². The van der Waals surface area contributed by atoms with Gasteiger partial charge in [-0.25, -0.2) is 0 Å². The smallest absolute Gasteiger partial charge is 0.251 e. The van der Waals surface area contributed by atoms with E-state index in [0.29, 0.717) is 23.5 Å². The van der Waals surface area contributed by atoms with E-state index in [1.54, 1.807) is 18.2 Å². The van der Waals surface area contributed by atoms with Crippen LogP contribution < -0.4 is 14.8 Å². The lowest BCUT2D eigenvalue weighted by molar-refractivity contribution is 0.0936. The highest BCUT2D eigenvalue weighted by atomic mass is 16.7. The largest absolute Gasteiger partial charge is 0.454 e. The second kappa shape index (κ2) is 5.73. The summed E-state index contributed by atoms with van der Waals surface area (Å²) in [4.78, 5) is 11.9. The van der Waals surface area contributed by atoms with Crippen LogP contribution in [0.25, 0.3) is 0 Å². The van der Waals surface area contributed by atoms with E-state index in [9.17, 15) is 4.79 Å². The summed E-state index contributed by atoms with van der Waals surface area (Å²) < 4.78 is 10.4.